The fourth-order valence-corrected chi connectivity index (χ4v) is 5.56. The Morgan fingerprint density at radius 1 is 1.02 bits per heavy atom. The number of ether oxygens (including phenoxy) is 2. The number of carbonyl (C=O) groups excluding carboxylic acids is 2. The Morgan fingerprint density at radius 2 is 1.80 bits per heavy atom. The third-order valence-corrected chi connectivity index (χ3v) is 8.00. The van der Waals surface area contributed by atoms with Crippen molar-refractivity contribution in [2.75, 3.05) is 44.2 Å². The average Bonchev–Trinajstić information content (AvgIpc) is 3.51. The van der Waals surface area contributed by atoms with Crippen LogP contribution in [-0.2, 0) is 15.9 Å². The van der Waals surface area contributed by atoms with Gasteiger partial charge in [0.15, 0.2) is 5.65 Å². The molecule has 1 saturated carbocycles. The van der Waals surface area contributed by atoms with Crippen LogP contribution in [0.4, 0.5) is 15.4 Å². The van der Waals surface area contributed by atoms with Gasteiger partial charge >= 0.3 is 12.2 Å². The van der Waals surface area contributed by atoms with Crippen LogP contribution in [0, 0.1) is 5.92 Å². The lowest BCUT2D eigenvalue weighted by Crippen LogP contribution is -2.51. The fraction of sp³-hybridized carbons (Fsp3) is 0.567. The summed E-state index contributed by atoms with van der Waals surface area (Å²) in [7, 11) is 0. The number of anilines is 1. The second kappa shape index (κ2) is 10.5. The molecule has 2 saturated heterocycles. The molecule has 0 bridgehead atoms. The summed E-state index contributed by atoms with van der Waals surface area (Å²) in [6.45, 7) is 10.6. The first-order chi connectivity index (χ1) is 19.6. The molecule has 11 heteroatoms. The van der Waals surface area contributed by atoms with Gasteiger partial charge < -0.3 is 24.2 Å². The highest BCUT2D eigenvalue weighted by Crippen LogP contribution is 2.36. The normalized spacial score (nSPS) is 21.4. The van der Waals surface area contributed by atoms with E-state index in [1.807, 2.05) is 62.9 Å². The van der Waals surface area contributed by atoms with Crippen LogP contribution in [0.5, 0.6) is 0 Å². The number of hydrogen-bond acceptors (Lipinski definition) is 8. The van der Waals surface area contributed by atoms with E-state index < -0.39 is 11.2 Å². The first kappa shape index (κ1) is 27.3. The van der Waals surface area contributed by atoms with Crippen molar-refractivity contribution in [1.29, 1.82) is 0 Å². The predicted octanol–water partition coefficient (Wildman–Crippen LogP) is 4.40. The van der Waals surface area contributed by atoms with E-state index in [-0.39, 0.29) is 12.2 Å². The summed E-state index contributed by atoms with van der Waals surface area (Å²) < 4.78 is 13.2. The summed E-state index contributed by atoms with van der Waals surface area (Å²) in [5.74, 6) is 1.59. The van der Waals surface area contributed by atoms with Crippen LogP contribution in [0.15, 0.2) is 36.8 Å². The molecule has 2 aliphatic heterocycles. The number of hydrogen-bond donors (Lipinski definition) is 0. The molecule has 6 rings (SSSR count). The van der Waals surface area contributed by atoms with Crippen LogP contribution in [0.2, 0.25) is 0 Å². The maximum atomic E-state index is 13.1. The van der Waals surface area contributed by atoms with Crippen molar-refractivity contribution < 1.29 is 19.1 Å². The zero-order chi connectivity index (χ0) is 28.8. The van der Waals surface area contributed by atoms with Gasteiger partial charge in [0, 0.05) is 68.4 Å². The molecule has 11 nitrogen and oxygen atoms in total. The van der Waals surface area contributed by atoms with Gasteiger partial charge in [-0.1, -0.05) is 6.07 Å². The highest BCUT2D eigenvalue weighted by molar-refractivity contribution is 5.79. The molecule has 0 spiro atoms. The Bertz CT molecular complexity index is 1440. The highest BCUT2D eigenvalue weighted by atomic mass is 16.6. The number of piperazine rings is 1. The van der Waals surface area contributed by atoms with Crippen LogP contribution < -0.4 is 4.90 Å². The maximum Gasteiger partial charge on any atom is 0.410 e. The topological polar surface area (TPSA) is 105 Å². The number of nitrogens with zero attached hydrogens (tertiary/aromatic N) is 7. The highest BCUT2D eigenvalue weighted by Gasteiger charge is 2.42. The predicted molar refractivity (Wildman–Crippen MR) is 154 cm³/mol. The van der Waals surface area contributed by atoms with Gasteiger partial charge in [-0.2, -0.15) is 5.10 Å². The molecule has 0 N–H and O–H groups in total. The first-order valence-electron chi connectivity index (χ1n) is 14.6. The summed E-state index contributed by atoms with van der Waals surface area (Å²) in [4.78, 5) is 40.8. The van der Waals surface area contributed by atoms with Crippen molar-refractivity contribution in [3.8, 4) is 11.1 Å². The number of pyridine rings is 1. The van der Waals surface area contributed by atoms with Crippen LogP contribution in [0.25, 0.3) is 16.8 Å². The smallest absolute Gasteiger partial charge is 0.410 e. The van der Waals surface area contributed by atoms with Crippen LogP contribution in [-0.4, -0.2) is 92.0 Å². The standard InChI is InChI=1S/C30H39N7O4/c1-29(2,3)40-28(39)36-13-10-30(4,20-36)41-27(38)35-16-14-34(15-17-35)25-9-12-37-26(33-25)23(19-32-37)22-6-5-11-31-24(22)18-21-7-8-21/h5-6,9,11-12,19,21H,7-8,10,13-18,20H2,1-4H3. The zero-order valence-corrected chi connectivity index (χ0v) is 24.4. The Labute approximate surface area is 240 Å². The summed E-state index contributed by atoms with van der Waals surface area (Å²) >= 11 is 0. The summed E-state index contributed by atoms with van der Waals surface area (Å²) in [5.41, 5.74) is 2.69. The van der Waals surface area contributed by atoms with Crippen molar-refractivity contribution in [2.45, 2.75) is 64.6 Å². The quantitative estimate of drug-likeness (QED) is 0.451. The van der Waals surface area contributed by atoms with Gasteiger partial charge in [-0.3, -0.25) is 4.98 Å². The number of carbonyl (C=O) groups is 2. The molecule has 1 aliphatic carbocycles. The lowest BCUT2D eigenvalue weighted by Gasteiger charge is -2.36. The van der Waals surface area contributed by atoms with E-state index in [0.717, 1.165) is 40.6 Å². The molecule has 218 valence electrons. The molecule has 3 aromatic rings. The minimum atomic E-state index is -0.735. The molecule has 1 unspecified atom stereocenters. The Morgan fingerprint density at radius 3 is 2.54 bits per heavy atom. The van der Waals surface area contributed by atoms with Gasteiger partial charge in [0.25, 0.3) is 0 Å². The van der Waals surface area contributed by atoms with Gasteiger partial charge in [-0.15, -0.1) is 0 Å². The largest absolute Gasteiger partial charge is 0.444 e. The van der Waals surface area contributed by atoms with E-state index >= 15 is 0 Å². The van der Waals surface area contributed by atoms with Gasteiger partial charge in [-0.05, 0) is 65.0 Å². The van der Waals surface area contributed by atoms with Crippen LogP contribution in [0.3, 0.4) is 0 Å². The molecule has 3 aliphatic rings. The van der Waals surface area contributed by atoms with E-state index in [1.54, 1.807) is 9.80 Å². The molecule has 0 radical (unpaired) electrons. The molecule has 3 aromatic heterocycles. The van der Waals surface area contributed by atoms with Crippen LogP contribution >= 0.6 is 0 Å². The number of fused-ring (bicyclic) bond motifs is 1. The molecule has 5 heterocycles. The zero-order valence-electron chi connectivity index (χ0n) is 24.4. The van der Waals surface area contributed by atoms with Gasteiger partial charge in [0.1, 0.15) is 17.0 Å². The maximum absolute atomic E-state index is 13.1. The average molecular weight is 562 g/mol. The summed E-state index contributed by atoms with van der Waals surface area (Å²) in [6.07, 6.45) is 9.07. The first-order valence-corrected chi connectivity index (χ1v) is 14.6. The summed E-state index contributed by atoms with van der Waals surface area (Å²) in [6, 6.07) is 6.05. The van der Waals surface area contributed by atoms with Gasteiger partial charge in [-0.25, -0.2) is 19.1 Å². The number of rotatable bonds is 5. The molecule has 2 amide bonds. The van der Waals surface area contributed by atoms with E-state index in [4.69, 9.17) is 14.5 Å². The van der Waals surface area contributed by atoms with Crippen molar-refractivity contribution in [1.82, 2.24) is 29.4 Å². The Kier molecular flexibility index (Phi) is 6.99. The molecule has 41 heavy (non-hydrogen) atoms. The minimum Gasteiger partial charge on any atom is -0.444 e. The molecule has 0 aromatic carbocycles. The lowest BCUT2D eigenvalue weighted by molar-refractivity contribution is -0.00147. The second-order valence-electron chi connectivity index (χ2n) is 12.7. The third-order valence-electron chi connectivity index (χ3n) is 8.00. The van der Waals surface area contributed by atoms with Crippen molar-refractivity contribution in [2.24, 2.45) is 5.92 Å². The number of likely N-dealkylation sites (tertiary alicyclic amines) is 1. The van der Waals surface area contributed by atoms with Gasteiger partial charge in [0.2, 0.25) is 0 Å². The fourth-order valence-electron chi connectivity index (χ4n) is 5.56. The van der Waals surface area contributed by atoms with Crippen molar-refractivity contribution >= 4 is 23.7 Å². The van der Waals surface area contributed by atoms with E-state index in [0.29, 0.717) is 45.7 Å². The minimum absolute atomic E-state index is 0.324. The van der Waals surface area contributed by atoms with E-state index in [1.165, 1.54) is 12.8 Å². The monoisotopic (exact) mass is 561 g/mol. The Hall–Kier alpha value is -3.89. The lowest BCUT2D eigenvalue weighted by atomic mass is 10.0. The Balaban J connectivity index is 1.08. The molecular weight excluding hydrogens is 522 g/mol. The number of amides is 2. The number of aromatic nitrogens is 4. The molecule has 1 atom stereocenters. The third kappa shape index (κ3) is 6.08. The van der Waals surface area contributed by atoms with E-state index in [2.05, 4.69) is 21.0 Å². The molecule has 3 fully saturated rings. The van der Waals surface area contributed by atoms with Crippen LogP contribution in [0.1, 0.15) is 52.7 Å². The SMILES string of the molecule is CC(C)(C)OC(=O)N1CCC(C)(OC(=O)N2CCN(c3ccn4ncc(-c5cccnc5CC5CC5)c4n3)CC2)C1. The van der Waals surface area contributed by atoms with Crippen molar-refractivity contribution in [3.63, 3.8) is 0 Å². The summed E-state index contributed by atoms with van der Waals surface area (Å²) in [5, 5.41) is 4.55. The second-order valence-corrected chi connectivity index (χ2v) is 12.7. The van der Waals surface area contributed by atoms with Crippen molar-refractivity contribution in [3.05, 3.63) is 42.5 Å². The van der Waals surface area contributed by atoms with E-state index in [9.17, 15) is 9.59 Å². The molecular formula is C30H39N7O4. The van der Waals surface area contributed by atoms with Gasteiger partial charge in [0.05, 0.1) is 12.7 Å².